The number of pyridine rings is 1. The molecule has 3 N–H and O–H groups in total. The number of benzene rings is 1. The van der Waals surface area contributed by atoms with Gasteiger partial charge in [-0.25, -0.2) is 4.98 Å². The Labute approximate surface area is 160 Å². The lowest BCUT2D eigenvalue weighted by atomic mass is 10.1. The highest BCUT2D eigenvalue weighted by Gasteiger charge is 2.11. The fraction of sp³-hybridized carbons (Fsp3) is 0.143. The summed E-state index contributed by atoms with van der Waals surface area (Å²) in [7, 11) is 0. The van der Waals surface area contributed by atoms with Gasteiger partial charge < -0.3 is 15.3 Å². The van der Waals surface area contributed by atoms with Gasteiger partial charge in [0.2, 0.25) is 0 Å². The number of carbonyl (C=O) groups is 1. The summed E-state index contributed by atoms with van der Waals surface area (Å²) in [5.74, 6) is 0.195. The topological polar surface area (TPSA) is 104 Å². The van der Waals surface area contributed by atoms with Gasteiger partial charge in [0.15, 0.2) is 0 Å². The molecule has 3 aromatic heterocycles. The minimum Gasteiger partial charge on any atom is -0.358 e. The Morgan fingerprint density at radius 2 is 2.00 bits per heavy atom. The highest BCUT2D eigenvalue weighted by atomic mass is 16.1. The SMILES string of the molecule is Cc1[nH]c2cc(C(=O)NCc3cc(=O)[nH]c(-c4cccnc4)n3)ccc2c1C. The Hall–Kier alpha value is -3.74. The van der Waals surface area contributed by atoms with Crippen LogP contribution in [0.2, 0.25) is 0 Å². The zero-order valence-electron chi connectivity index (χ0n) is 15.5. The molecule has 0 aliphatic carbocycles. The van der Waals surface area contributed by atoms with Gasteiger partial charge >= 0.3 is 0 Å². The number of amides is 1. The molecule has 4 aromatic rings. The third kappa shape index (κ3) is 3.42. The summed E-state index contributed by atoms with van der Waals surface area (Å²) in [6.45, 7) is 4.21. The van der Waals surface area contributed by atoms with Gasteiger partial charge in [-0.3, -0.25) is 14.6 Å². The summed E-state index contributed by atoms with van der Waals surface area (Å²) in [5, 5.41) is 3.93. The van der Waals surface area contributed by atoms with Crippen molar-refractivity contribution in [2.75, 3.05) is 0 Å². The lowest BCUT2D eigenvalue weighted by molar-refractivity contribution is 0.0950. The van der Waals surface area contributed by atoms with Gasteiger partial charge in [0.1, 0.15) is 5.82 Å². The molecule has 0 bridgehead atoms. The molecule has 0 fully saturated rings. The minimum atomic E-state index is -0.281. The van der Waals surface area contributed by atoms with Gasteiger partial charge in [-0.1, -0.05) is 6.07 Å². The van der Waals surface area contributed by atoms with Crippen LogP contribution in [0.5, 0.6) is 0 Å². The molecule has 7 heteroatoms. The molecule has 4 rings (SSSR count). The van der Waals surface area contributed by atoms with Crippen molar-refractivity contribution < 1.29 is 4.79 Å². The van der Waals surface area contributed by atoms with E-state index in [4.69, 9.17) is 0 Å². The molecule has 0 aliphatic rings. The van der Waals surface area contributed by atoms with Crippen LogP contribution in [0, 0.1) is 13.8 Å². The first-order valence-corrected chi connectivity index (χ1v) is 8.89. The first-order valence-electron chi connectivity index (χ1n) is 8.89. The van der Waals surface area contributed by atoms with Gasteiger partial charge in [-0.15, -0.1) is 0 Å². The van der Waals surface area contributed by atoms with Gasteiger partial charge in [0, 0.05) is 46.2 Å². The van der Waals surface area contributed by atoms with Crippen molar-refractivity contribution in [2.24, 2.45) is 0 Å². The molecule has 140 valence electrons. The second kappa shape index (κ2) is 7.11. The van der Waals surface area contributed by atoms with E-state index < -0.39 is 0 Å². The standard InChI is InChI=1S/C21H19N5O2/c1-12-13(2)24-18-8-14(5-6-17(12)18)21(28)23-11-16-9-19(27)26-20(25-16)15-4-3-7-22-10-15/h3-10,24H,11H2,1-2H3,(H,23,28)(H,25,26,27). The van der Waals surface area contributed by atoms with Crippen molar-refractivity contribution in [2.45, 2.75) is 20.4 Å². The van der Waals surface area contributed by atoms with E-state index >= 15 is 0 Å². The van der Waals surface area contributed by atoms with Crippen LogP contribution in [0.15, 0.2) is 53.6 Å². The lowest BCUT2D eigenvalue weighted by Crippen LogP contribution is -2.24. The molecule has 0 saturated carbocycles. The third-order valence-electron chi connectivity index (χ3n) is 4.73. The molecule has 7 nitrogen and oxygen atoms in total. The highest BCUT2D eigenvalue weighted by Crippen LogP contribution is 2.22. The van der Waals surface area contributed by atoms with Crippen LogP contribution in [-0.2, 0) is 6.54 Å². The average molecular weight is 373 g/mol. The summed E-state index contributed by atoms with van der Waals surface area (Å²) >= 11 is 0. The lowest BCUT2D eigenvalue weighted by Gasteiger charge is -2.07. The molecule has 1 amide bonds. The van der Waals surface area contributed by atoms with Crippen LogP contribution in [-0.4, -0.2) is 25.8 Å². The Kier molecular flexibility index (Phi) is 4.49. The maximum absolute atomic E-state index is 12.5. The Morgan fingerprint density at radius 1 is 1.14 bits per heavy atom. The van der Waals surface area contributed by atoms with Crippen molar-refractivity contribution in [1.82, 2.24) is 25.3 Å². The summed E-state index contributed by atoms with van der Waals surface area (Å²) in [4.78, 5) is 38.9. The maximum atomic E-state index is 12.5. The van der Waals surface area contributed by atoms with E-state index in [2.05, 4.69) is 25.3 Å². The van der Waals surface area contributed by atoms with E-state index in [0.717, 1.165) is 16.6 Å². The van der Waals surface area contributed by atoms with Gasteiger partial charge in [0.25, 0.3) is 11.5 Å². The third-order valence-corrected chi connectivity index (χ3v) is 4.73. The molecule has 0 atom stereocenters. The number of carbonyl (C=O) groups excluding carboxylic acids is 1. The normalized spacial score (nSPS) is 10.9. The number of fused-ring (bicyclic) bond motifs is 1. The van der Waals surface area contributed by atoms with E-state index in [1.54, 1.807) is 24.5 Å². The molecular formula is C21H19N5O2. The molecule has 0 unspecified atom stereocenters. The maximum Gasteiger partial charge on any atom is 0.251 e. The molecule has 0 radical (unpaired) electrons. The number of nitrogens with one attached hydrogen (secondary N) is 3. The average Bonchev–Trinajstić information content (AvgIpc) is 2.99. The first-order chi connectivity index (χ1) is 13.5. The van der Waals surface area contributed by atoms with Crippen LogP contribution in [0.3, 0.4) is 0 Å². The number of hydrogen-bond donors (Lipinski definition) is 3. The van der Waals surface area contributed by atoms with E-state index in [-0.39, 0.29) is 18.0 Å². The van der Waals surface area contributed by atoms with Crippen molar-refractivity contribution in [3.05, 3.63) is 81.7 Å². The van der Waals surface area contributed by atoms with Crippen LogP contribution < -0.4 is 10.9 Å². The van der Waals surface area contributed by atoms with E-state index in [1.165, 1.54) is 11.6 Å². The Bertz CT molecular complexity index is 1220. The monoisotopic (exact) mass is 373 g/mol. The number of rotatable bonds is 4. The van der Waals surface area contributed by atoms with E-state index in [1.807, 2.05) is 32.0 Å². The zero-order valence-corrected chi connectivity index (χ0v) is 15.5. The number of hydrogen-bond acceptors (Lipinski definition) is 4. The van der Waals surface area contributed by atoms with Crippen molar-refractivity contribution in [3.63, 3.8) is 0 Å². The van der Waals surface area contributed by atoms with Crippen LogP contribution in [0.25, 0.3) is 22.3 Å². The summed E-state index contributed by atoms with van der Waals surface area (Å²) in [6.07, 6.45) is 3.27. The van der Waals surface area contributed by atoms with Crippen LogP contribution >= 0.6 is 0 Å². The van der Waals surface area contributed by atoms with Gasteiger partial charge in [0.05, 0.1) is 12.2 Å². The predicted octanol–water partition coefficient (Wildman–Crippen LogP) is 2.86. The molecule has 3 heterocycles. The number of aromatic nitrogens is 4. The van der Waals surface area contributed by atoms with Gasteiger partial charge in [-0.2, -0.15) is 0 Å². The molecule has 0 saturated heterocycles. The highest BCUT2D eigenvalue weighted by molar-refractivity contribution is 5.98. The fourth-order valence-corrected chi connectivity index (χ4v) is 3.12. The Balaban J connectivity index is 1.54. The zero-order chi connectivity index (χ0) is 19.7. The molecular weight excluding hydrogens is 354 g/mol. The number of H-pyrrole nitrogens is 2. The second-order valence-electron chi connectivity index (χ2n) is 6.65. The van der Waals surface area contributed by atoms with E-state index in [0.29, 0.717) is 22.6 Å². The number of nitrogens with zero attached hydrogens (tertiary/aromatic N) is 2. The van der Waals surface area contributed by atoms with Crippen molar-refractivity contribution in [3.8, 4) is 11.4 Å². The summed E-state index contributed by atoms with van der Waals surface area (Å²) in [6, 6.07) is 10.5. The van der Waals surface area contributed by atoms with Crippen LogP contribution in [0.4, 0.5) is 0 Å². The smallest absolute Gasteiger partial charge is 0.251 e. The predicted molar refractivity (Wildman–Crippen MR) is 107 cm³/mol. The van der Waals surface area contributed by atoms with Crippen molar-refractivity contribution >= 4 is 16.8 Å². The summed E-state index contributed by atoms with van der Waals surface area (Å²) in [5.41, 5.74) is 4.64. The second-order valence-corrected chi connectivity index (χ2v) is 6.65. The Morgan fingerprint density at radius 3 is 2.79 bits per heavy atom. The molecule has 28 heavy (non-hydrogen) atoms. The number of aryl methyl sites for hydroxylation is 2. The fourth-order valence-electron chi connectivity index (χ4n) is 3.12. The van der Waals surface area contributed by atoms with Gasteiger partial charge in [-0.05, 0) is 43.7 Å². The van der Waals surface area contributed by atoms with Crippen molar-refractivity contribution in [1.29, 1.82) is 0 Å². The number of aromatic amines is 2. The summed E-state index contributed by atoms with van der Waals surface area (Å²) < 4.78 is 0. The largest absolute Gasteiger partial charge is 0.358 e. The quantitative estimate of drug-likeness (QED) is 0.512. The molecule has 0 aliphatic heterocycles. The minimum absolute atomic E-state index is 0.150. The first kappa shape index (κ1) is 17.7. The van der Waals surface area contributed by atoms with E-state index in [9.17, 15) is 9.59 Å². The molecule has 1 aromatic carbocycles. The van der Waals surface area contributed by atoms with Crippen LogP contribution in [0.1, 0.15) is 27.3 Å². The molecule has 0 spiro atoms.